The van der Waals surface area contributed by atoms with Crippen molar-refractivity contribution in [2.24, 2.45) is 0 Å². The normalized spacial score (nSPS) is 12.0. The van der Waals surface area contributed by atoms with Gasteiger partial charge in [-0.15, -0.1) is 0 Å². The average Bonchev–Trinajstić information content (AvgIpc) is 1.71. The fourth-order valence-electron chi connectivity index (χ4n) is 13.4. The largest absolute Gasteiger partial charge is 0.207 e. The van der Waals surface area contributed by atoms with Crippen molar-refractivity contribution in [3.05, 3.63) is 388 Å². The molecule has 0 saturated heterocycles. The zero-order chi connectivity index (χ0) is 94.2. The minimum absolute atomic E-state index is 0.0147. The maximum atomic E-state index is 13.5. The van der Waals surface area contributed by atoms with E-state index in [-0.39, 0.29) is 40.8 Å². The van der Waals surface area contributed by atoms with E-state index in [4.69, 9.17) is 0 Å². The molecule has 13 rings (SSSR count). The first-order valence-electron chi connectivity index (χ1n) is 46.6. The summed E-state index contributed by atoms with van der Waals surface area (Å²) < 4.78 is 78.4. The third-order valence-electron chi connectivity index (χ3n) is 22.9. The van der Waals surface area contributed by atoms with Crippen LogP contribution in [-0.4, -0.2) is 0 Å². The van der Waals surface area contributed by atoms with Crippen LogP contribution in [0, 0.1) is 83.4 Å². The molecule has 0 nitrogen and oxygen atoms in total. The van der Waals surface area contributed by atoms with Crippen molar-refractivity contribution in [2.75, 3.05) is 0 Å². The van der Waals surface area contributed by atoms with Gasteiger partial charge in [-0.25, -0.2) is 26.3 Å². The lowest BCUT2D eigenvalue weighted by molar-refractivity contribution is 0.404. The second kappa shape index (κ2) is 56.3. The van der Waals surface area contributed by atoms with Crippen molar-refractivity contribution < 1.29 is 26.3 Å². The molecular formula is C119H162F6. The van der Waals surface area contributed by atoms with Gasteiger partial charge in [0.15, 0.2) is 0 Å². The molecular weight excluding hydrogens is 1540 g/mol. The Morgan fingerprint density at radius 3 is 0.568 bits per heavy atom. The second-order valence-electron chi connectivity index (χ2n) is 38.6. The van der Waals surface area contributed by atoms with Crippen LogP contribution in [-0.2, 0) is 0 Å². The van der Waals surface area contributed by atoms with Gasteiger partial charge in [0.05, 0.1) is 0 Å². The van der Waals surface area contributed by atoms with Crippen molar-refractivity contribution in [1.29, 1.82) is 0 Å². The van der Waals surface area contributed by atoms with Crippen molar-refractivity contribution in [3.63, 3.8) is 0 Å². The predicted octanol–water partition coefficient (Wildman–Crippen LogP) is 38.3. The molecule has 0 amide bonds. The van der Waals surface area contributed by atoms with Crippen LogP contribution in [0.4, 0.5) is 26.3 Å². The van der Waals surface area contributed by atoms with Crippen LogP contribution in [0.25, 0.3) is 0 Å². The molecule has 6 heteroatoms. The lowest BCUT2D eigenvalue weighted by Gasteiger charge is -2.26. The zero-order valence-electron chi connectivity index (χ0n) is 83.4. The van der Waals surface area contributed by atoms with Gasteiger partial charge >= 0.3 is 0 Å². The number of aryl methyl sites for hydroxylation is 7. The van der Waals surface area contributed by atoms with Crippen molar-refractivity contribution >= 4 is 0 Å². The summed E-state index contributed by atoms with van der Waals surface area (Å²) >= 11 is 0. The molecule has 2 aliphatic rings. The molecule has 11 aromatic rings. The molecule has 0 radical (unpaired) electrons. The van der Waals surface area contributed by atoms with Crippen LogP contribution in [0.15, 0.2) is 231 Å². The van der Waals surface area contributed by atoms with Gasteiger partial charge in [-0.1, -0.05) is 403 Å². The van der Waals surface area contributed by atoms with Crippen molar-refractivity contribution in [3.8, 4) is 0 Å². The van der Waals surface area contributed by atoms with Gasteiger partial charge in [0, 0.05) is 0 Å². The van der Waals surface area contributed by atoms with Gasteiger partial charge in [0.25, 0.3) is 0 Å². The van der Waals surface area contributed by atoms with Crippen LogP contribution in [0.2, 0.25) is 0 Å². The van der Waals surface area contributed by atoms with Crippen molar-refractivity contribution in [1.82, 2.24) is 0 Å². The Morgan fingerprint density at radius 2 is 0.376 bits per heavy atom. The second-order valence-corrected chi connectivity index (χ2v) is 38.6. The summed E-state index contributed by atoms with van der Waals surface area (Å²) in [6, 6.07) is 75.9. The predicted molar refractivity (Wildman–Crippen MR) is 535 cm³/mol. The van der Waals surface area contributed by atoms with E-state index in [0.717, 1.165) is 33.4 Å². The van der Waals surface area contributed by atoms with E-state index in [9.17, 15) is 26.3 Å². The average molecular weight is 1710 g/mol. The van der Waals surface area contributed by atoms with E-state index < -0.39 is 0 Å². The third kappa shape index (κ3) is 41.5. The highest BCUT2D eigenvalue weighted by atomic mass is 19.1. The first kappa shape index (κ1) is 110. The quantitative estimate of drug-likeness (QED) is 0.0898. The van der Waals surface area contributed by atoms with Crippen molar-refractivity contribution in [2.45, 2.75) is 349 Å². The molecule has 2 aliphatic carbocycles. The van der Waals surface area contributed by atoms with Gasteiger partial charge in [-0.05, 0) is 299 Å². The van der Waals surface area contributed by atoms with Gasteiger partial charge in [-0.2, -0.15) is 0 Å². The van der Waals surface area contributed by atoms with E-state index in [1.54, 1.807) is 39.0 Å². The van der Waals surface area contributed by atoms with Crippen LogP contribution < -0.4 is 0 Å². The molecule has 0 bridgehead atoms. The standard InChI is InChI=1S/C13H17F.C12H15F.C12H17F.C12H18.3C10H13F.4C10H14/c1-9(2)11-6-7-13(14)12(8-11)10-4-3-5-10;1-8(2)10-5-6-12(13)11(7-10)9-3-4-9;1-8(2)10-5-6-12(13)11(7-10)9(3)4;1-9(2)11-6-5-7-12(8-11)10(3)4;3*1-7(2)9-4-5-10(11)8(3)6-9;4*1-8(2)10-6-4-5-9(3)7-10/h6-10H,3-5H2,1-2H3;5-9H,3-4H2,1-2H3;5-9H,1-4H3;5-10H,1-4H3;3*4-7H,1-3H3;4*4-8H,1-3H3. The summed E-state index contributed by atoms with van der Waals surface area (Å²) in [5.41, 5.74) is 26.2. The maximum absolute atomic E-state index is 13.5. The molecule has 0 aliphatic heterocycles. The molecule has 2 saturated carbocycles. The molecule has 0 N–H and O–H groups in total. The number of rotatable bonds is 15. The molecule has 0 aromatic heterocycles. The van der Waals surface area contributed by atoms with Gasteiger partial charge < -0.3 is 0 Å². The van der Waals surface area contributed by atoms with E-state index in [2.05, 4.69) is 321 Å². The Morgan fingerprint density at radius 1 is 0.184 bits per heavy atom. The first-order chi connectivity index (χ1) is 58.6. The minimum Gasteiger partial charge on any atom is -0.207 e. The number of benzene rings is 11. The molecule has 0 spiro atoms. The molecule has 0 heterocycles. The van der Waals surface area contributed by atoms with E-state index in [1.165, 1.54) is 139 Å². The lowest BCUT2D eigenvalue weighted by Crippen LogP contribution is -2.11. The van der Waals surface area contributed by atoms with E-state index in [0.29, 0.717) is 82.9 Å². The Bertz CT molecular complexity index is 4480. The summed E-state index contributed by atoms with van der Waals surface area (Å²) in [7, 11) is 0. The summed E-state index contributed by atoms with van der Waals surface area (Å²) in [5, 5.41) is 0. The van der Waals surface area contributed by atoms with Crippen LogP contribution in [0.1, 0.15) is 423 Å². The Kier molecular flexibility index (Phi) is 49.6. The Balaban J connectivity index is 0.000000356. The van der Waals surface area contributed by atoms with Gasteiger partial charge in [-0.3, -0.25) is 0 Å². The third-order valence-corrected chi connectivity index (χ3v) is 22.9. The highest BCUT2D eigenvalue weighted by Gasteiger charge is 2.27. The highest BCUT2D eigenvalue weighted by molar-refractivity contribution is 5.36. The summed E-state index contributed by atoms with van der Waals surface area (Å²) in [4.78, 5) is 0. The molecule has 125 heavy (non-hydrogen) atoms. The Hall–Kier alpha value is -9.00. The van der Waals surface area contributed by atoms with Crippen LogP contribution >= 0.6 is 0 Å². The monoisotopic (exact) mass is 1710 g/mol. The van der Waals surface area contributed by atoms with E-state index in [1.807, 2.05) is 80.6 Å². The van der Waals surface area contributed by atoms with Crippen LogP contribution in [0.5, 0.6) is 0 Å². The number of halogens is 6. The van der Waals surface area contributed by atoms with Crippen LogP contribution in [0.3, 0.4) is 0 Å². The molecule has 11 aromatic carbocycles. The molecule has 0 unspecified atom stereocenters. The molecule has 680 valence electrons. The highest BCUT2D eigenvalue weighted by Crippen LogP contribution is 2.42. The van der Waals surface area contributed by atoms with Gasteiger partial charge in [0.1, 0.15) is 34.9 Å². The minimum atomic E-state index is -0.116. The van der Waals surface area contributed by atoms with E-state index >= 15 is 0 Å². The SMILES string of the molecule is CC(C)c1ccc(F)c(C(C)C)c1.CC(C)c1ccc(F)c(C2CC2)c1.CC(C)c1ccc(F)c(C2CCC2)c1.CC(C)c1cccc(C(C)C)c1.Cc1cc(C(C)C)ccc1F.Cc1cc(C(C)C)ccc1F.Cc1cc(C(C)C)ccc1F.Cc1cccc(C(C)C)c1.Cc1cccc(C(C)C)c1.Cc1cccc(C(C)C)c1.Cc1cccc(C(C)C)c1. The number of hydrogen-bond acceptors (Lipinski definition) is 0. The summed E-state index contributed by atoms with van der Waals surface area (Å²) in [6.07, 6.45) is 5.92. The Labute approximate surface area is 758 Å². The fraction of sp³-hybridized carbons (Fsp3) is 0.445. The first-order valence-corrected chi connectivity index (χ1v) is 46.6. The summed E-state index contributed by atoms with van der Waals surface area (Å²) in [5.74, 6) is 7.60. The smallest absolute Gasteiger partial charge is 0.126 e. The number of hydrogen-bond donors (Lipinski definition) is 0. The van der Waals surface area contributed by atoms with Gasteiger partial charge in [0.2, 0.25) is 0 Å². The zero-order valence-corrected chi connectivity index (χ0v) is 83.4. The molecule has 0 atom stereocenters. The molecule has 2 fully saturated rings. The summed E-state index contributed by atoms with van der Waals surface area (Å²) in [6.45, 7) is 70.1. The maximum Gasteiger partial charge on any atom is 0.126 e. The lowest BCUT2D eigenvalue weighted by atomic mass is 9.79. The fourth-order valence-corrected chi connectivity index (χ4v) is 13.4. The topological polar surface area (TPSA) is 0 Å².